The fourth-order valence-corrected chi connectivity index (χ4v) is 3.68. The predicted molar refractivity (Wildman–Crippen MR) is 93.0 cm³/mol. The van der Waals surface area contributed by atoms with E-state index < -0.39 is 13.1 Å². The molecule has 8 nitrogen and oxygen atoms in total. The van der Waals surface area contributed by atoms with Gasteiger partial charge in [-0.05, 0) is 35.4 Å². The van der Waals surface area contributed by atoms with Gasteiger partial charge in [-0.15, -0.1) is 0 Å². The van der Waals surface area contributed by atoms with E-state index >= 15 is 0 Å². The molecule has 2 heterocycles. The smallest absolute Gasteiger partial charge is 0.397 e. The molecule has 0 amide bonds. The molecule has 0 aliphatic carbocycles. The van der Waals surface area contributed by atoms with Crippen LogP contribution in [-0.4, -0.2) is 19.1 Å². The molecule has 0 N–H and O–H groups in total. The summed E-state index contributed by atoms with van der Waals surface area (Å²) in [5.41, 5.74) is 0.712. The summed E-state index contributed by atoms with van der Waals surface area (Å²) in [6.07, 6.45) is 0. The summed E-state index contributed by atoms with van der Waals surface area (Å²) in [7, 11) is -3.94. The van der Waals surface area contributed by atoms with E-state index in [9.17, 15) is 9.36 Å². The van der Waals surface area contributed by atoms with Gasteiger partial charge in [-0.3, -0.25) is 18.4 Å². The molecule has 0 radical (unpaired) electrons. The minimum atomic E-state index is -3.94. The fraction of sp³-hybridized carbons (Fsp3) is 0.278. The second kappa shape index (κ2) is 7.23. The molecule has 0 saturated heterocycles. The highest BCUT2D eigenvalue weighted by molar-refractivity contribution is 7.71. The van der Waals surface area contributed by atoms with Gasteiger partial charge >= 0.3 is 7.60 Å². The summed E-state index contributed by atoms with van der Waals surface area (Å²) < 4.78 is 44.7. The van der Waals surface area contributed by atoms with Gasteiger partial charge in [0.2, 0.25) is 19.1 Å². The van der Waals surface area contributed by atoms with E-state index in [4.69, 9.17) is 28.0 Å². The third-order valence-electron chi connectivity index (χ3n) is 4.06. The Kier molecular flexibility index (Phi) is 4.78. The van der Waals surface area contributed by atoms with Crippen molar-refractivity contribution >= 4 is 13.1 Å². The molecular formula is C18H17O8P. The molecule has 2 aliphatic rings. The van der Waals surface area contributed by atoms with Crippen molar-refractivity contribution in [1.82, 2.24) is 0 Å². The Balaban J connectivity index is 1.41. The molecule has 4 rings (SSSR count). The van der Waals surface area contributed by atoms with Crippen LogP contribution < -0.4 is 18.9 Å². The number of rotatable bonds is 7. The number of carbonyl (C=O) groups excluding carboxylic acids is 1. The maximum absolute atomic E-state index is 12.8. The van der Waals surface area contributed by atoms with Crippen molar-refractivity contribution in [2.45, 2.75) is 20.1 Å². The van der Waals surface area contributed by atoms with Gasteiger partial charge in [0.25, 0.3) is 0 Å². The van der Waals surface area contributed by atoms with Crippen LogP contribution >= 0.6 is 7.60 Å². The van der Waals surface area contributed by atoms with Crippen LogP contribution in [0.2, 0.25) is 0 Å². The van der Waals surface area contributed by atoms with E-state index in [1.165, 1.54) is 6.92 Å². The van der Waals surface area contributed by atoms with E-state index in [1.54, 1.807) is 36.4 Å². The lowest BCUT2D eigenvalue weighted by molar-refractivity contribution is -0.112. The van der Waals surface area contributed by atoms with Crippen LogP contribution in [0.1, 0.15) is 18.1 Å². The number of fused-ring (bicyclic) bond motifs is 2. The molecule has 2 aliphatic heterocycles. The first kappa shape index (κ1) is 17.9. The Morgan fingerprint density at radius 1 is 0.852 bits per heavy atom. The van der Waals surface area contributed by atoms with Crippen LogP contribution in [-0.2, 0) is 31.6 Å². The van der Waals surface area contributed by atoms with E-state index in [-0.39, 0.29) is 26.8 Å². The summed E-state index contributed by atoms with van der Waals surface area (Å²) >= 11 is 0. The highest BCUT2D eigenvalue weighted by atomic mass is 31.2. The van der Waals surface area contributed by atoms with Crippen molar-refractivity contribution < 1.29 is 37.4 Å². The second-order valence-electron chi connectivity index (χ2n) is 5.94. The van der Waals surface area contributed by atoms with Crippen molar-refractivity contribution in [3.63, 3.8) is 0 Å². The summed E-state index contributed by atoms with van der Waals surface area (Å²) in [5.74, 6) is 2.42. The SMILES string of the molecule is CC(=O)P(=O)(OCc1ccc2c(c1)OCO2)OCc1ccc2c(c1)OCO2. The van der Waals surface area contributed by atoms with Gasteiger partial charge in [-0.25, -0.2) is 0 Å². The van der Waals surface area contributed by atoms with Crippen LogP contribution in [0.25, 0.3) is 0 Å². The maximum Gasteiger partial charge on any atom is 0.397 e. The van der Waals surface area contributed by atoms with Crippen LogP contribution in [0.15, 0.2) is 36.4 Å². The topological polar surface area (TPSA) is 89.5 Å². The summed E-state index contributed by atoms with van der Waals surface area (Å²) in [6.45, 7) is 1.37. The fourth-order valence-electron chi connectivity index (χ4n) is 2.60. The van der Waals surface area contributed by atoms with Crippen molar-refractivity contribution in [2.24, 2.45) is 0 Å². The average molecular weight is 392 g/mol. The van der Waals surface area contributed by atoms with Crippen molar-refractivity contribution in [3.05, 3.63) is 47.5 Å². The first-order valence-electron chi connectivity index (χ1n) is 8.21. The van der Waals surface area contributed by atoms with Gasteiger partial charge in [-0.1, -0.05) is 12.1 Å². The third-order valence-corrected chi connectivity index (χ3v) is 5.77. The molecule has 2 aromatic carbocycles. The van der Waals surface area contributed by atoms with Crippen LogP contribution in [0.3, 0.4) is 0 Å². The molecule has 9 heteroatoms. The van der Waals surface area contributed by atoms with Crippen LogP contribution in [0.4, 0.5) is 0 Å². The molecule has 0 aromatic heterocycles. The zero-order valence-electron chi connectivity index (χ0n) is 14.5. The van der Waals surface area contributed by atoms with Crippen LogP contribution in [0, 0.1) is 0 Å². The molecule has 142 valence electrons. The van der Waals surface area contributed by atoms with Gasteiger partial charge < -0.3 is 18.9 Å². The van der Waals surface area contributed by atoms with Gasteiger partial charge in [0, 0.05) is 6.92 Å². The van der Waals surface area contributed by atoms with Crippen molar-refractivity contribution in [3.8, 4) is 23.0 Å². The van der Waals surface area contributed by atoms with Crippen molar-refractivity contribution in [2.75, 3.05) is 13.6 Å². The lowest BCUT2D eigenvalue weighted by Gasteiger charge is -2.16. The molecule has 0 spiro atoms. The van der Waals surface area contributed by atoms with E-state index in [0.29, 0.717) is 34.1 Å². The van der Waals surface area contributed by atoms with E-state index in [0.717, 1.165) is 0 Å². The molecule has 2 aromatic rings. The molecule has 0 bridgehead atoms. The average Bonchev–Trinajstić information content (AvgIpc) is 3.32. The first-order valence-corrected chi connectivity index (χ1v) is 9.75. The normalized spacial score (nSPS) is 14.4. The lowest BCUT2D eigenvalue weighted by Crippen LogP contribution is -2.04. The number of carbonyl (C=O) groups is 1. The monoisotopic (exact) mass is 392 g/mol. The standard InChI is InChI=1S/C18H17O8P/c1-12(19)27(20,25-8-13-2-4-15-17(6-13)23-10-21-15)26-9-14-3-5-16-18(7-14)24-11-22-16/h2-7H,8-11H2,1H3. The first-order chi connectivity index (χ1) is 13.0. The van der Waals surface area contributed by atoms with E-state index in [2.05, 4.69) is 0 Å². The quantitative estimate of drug-likeness (QED) is 0.660. The number of hydrogen-bond donors (Lipinski definition) is 0. The second-order valence-corrected chi connectivity index (χ2v) is 8.08. The predicted octanol–water partition coefficient (Wildman–Crippen LogP) is 3.62. The minimum absolute atomic E-state index is 0.0609. The lowest BCUT2D eigenvalue weighted by atomic mass is 10.2. The zero-order chi connectivity index (χ0) is 18.9. The Hall–Kier alpha value is -2.54. The van der Waals surface area contributed by atoms with Gasteiger partial charge in [0.15, 0.2) is 23.0 Å². The zero-order valence-corrected chi connectivity index (χ0v) is 15.4. The molecule has 0 unspecified atom stereocenters. The number of hydrogen-bond acceptors (Lipinski definition) is 8. The molecule has 27 heavy (non-hydrogen) atoms. The Bertz CT molecular complexity index is 860. The summed E-state index contributed by atoms with van der Waals surface area (Å²) in [6, 6.07) is 10.4. The highest BCUT2D eigenvalue weighted by Crippen LogP contribution is 2.51. The minimum Gasteiger partial charge on any atom is -0.454 e. The maximum atomic E-state index is 12.8. The third kappa shape index (κ3) is 3.78. The molecule has 0 fully saturated rings. The van der Waals surface area contributed by atoms with Crippen LogP contribution in [0.5, 0.6) is 23.0 Å². The molecule has 0 saturated carbocycles. The Morgan fingerprint density at radius 3 is 1.74 bits per heavy atom. The molecular weight excluding hydrogens is 375 g/mol. The highest BCUT2D eigenvalue weighted by Gasteiger charge is 2.32. The van der Waals surface area contributed by atoms with E-state index in [1.807, 2.05) is 0 Å². The Morgan fingerprint density at radius 2 is 1.30 bits per heavy atom. The summed E-state index contributed by atoms with van der Waals surface area (Å²) in [5, 5.41) is 0. The number of benzene rings is 2. The van der Waals surface area contributed by atoms with Gasteiger partial charge in [0.1, 0.15) is 0 Å². The largest absolute Gasteiger partial charge is 0.454 e. The van der Waals surface area contributed by atoms with Gasteiger partial charge in [0.05, 0.1) is 13.2 Å². The number of ether oxygens (including phenoxy) is 4. The van der Waals surface area contributed by atoms with Gasteiger partial charge in [-0.2, -0.15) is 0 Å². The Labute approximate surface area is 155 Å². The summed E-state index contributed by atoms with van der Waals surface area (Å²) in [4.78, 5) is 11.9. The molecule has 0 atom stereocenters. The van der Waals surface area contributed by atoms with Crippen molar-refractivity contribution in [1.29, 1.82) is 0 Å².